The monoisotopic (exact) mass is 1480 g/mol. The Bertz CT molecular complexity index is 1970. The van der Waals surface area contributed by atoms with Gasteiger partial charge in [-0.25, -0.2) is 9.13 Å². The molecule has 0 saturated heterocycles. The molecule has 19 heteroatoms. The molecule has 0 aliphatic rings. The van der Waals surface area contributed by atoms with E-state index in [0.717, 1.165) is 114 Å². The second-order valence-electron chi connectivity index (χ2n) is 31.2. The van der Waals surface area contributed by atoms with E-state index < -0.39 is 97.5 Å². The van der Waals surface area contributed by atoms with Gasteiger partial charge in [-0.2, -0.15) is 0 Å². The van der Waals surface area contributed by atoms with E-state index in [1.54, 1.807) is 0 Å². The predicted octanol–water partition coefficient (Wildman–Crippen LogP) is 24.4. The smallest absolute Gasteiger partial charge is 0.462 e. The summed E-state index contributed by atoms with van der Waals surface area (Å²) < 4.78 is 68.7. The Morgan fingerprint density at radius 3 is 0.703 bits per heavy atom. The molecule has 0 aromatic carbocycles. The minimum absolute atomic E-state index is 0.106. The zero-order valence-corrected chi connectivity index (χ0v) is 68.3. The summed E-state index contributed by atoms with van der Waals surface area (Å²) in [5.74, 6) is 0.986. The third-order valence-corrected chi connectivity index (χ3v) is 21.3. The zero-order chi connectivity index (χ0) is 74.6. The molecular weight excluding hydrogens is 1320 g/mol. The maximum Gasteiger partial charge on any atom is 0.472 e. The molecule has 0 heterocycles. The molecule has 6 atom stereocenters. The number of carbonyl (C=O) groups is 4. The van der Waals surface area contributed by atoms with Crippen LogP contribution in [-0.2, 0) is 65.4 Å². The number of phosphoric ester groups is 2. The Kier molecular flexibility index (Phi) is 69.6. The summed E-state index contributed by atoms with van der Waals surface area (Å²) in [5, 5.41) is 10.6. The van der Waals surface area contributed by atoms with Crippen molar-refractivity contribution < 1.29 is 80.2 Å². The SMILES string of the molecule is CCC(C)CCCCCCCCCCCCCCCCCCCCC(=O)O[C@H](COC(=O)CCCCCCCCC(C)C)COP(=O)(O)OC[C@H](O)COP(=O)(O)OC[C@@H](COC(=O)CCCCCCCCCCCCCCCCC(C)C)OC(=O)CCCCCCCCCCCCC(C)C. The van der Waals surface area contributed by atoms with Gasteiger partial charge in [0.05, 0.1) is 26.4 Å². The molecular formula is C82H160O17P2. The number of hydrogen-bond donors (Lipinski definition) is 3. The summed E-state index contributed by atoms with van der Waals surface area (Å²) in [7, 11) is -9.92. The molecule has 0 fully saturated rings. The molecule has 3 unspecified atom stereocenters. The number of rotatable bonds is 79. The third kappa shape index (κ3) is 74.7. The van der Waals surface area contributed by atoms with Crippen LogP contribution in [0, 0.1) is 23.7 Å². The molecule has 0 spiro atoms. The van der Waals surface area contributed by atoms with Gasteiger partial charge in [0.2, 0.25) is 0 Å². The lowest BCUT2D eigenvalue weighted by molar-refractivity contribution is -0.161. The van der Waals surface area contributed by atoms with E-state index in [4.69, 9.17) is 37.0 Å². The van der Waals surface area contributed by atoms with E-state index in [1.165, 1.54) is 218 Å². The highest BCUT2D eigenvalue weighted by Crippen LogP contribution is 2.45. The van der Waals surface area contributed by atoms with Crippen LogP contribution < -0.4 is 0 Å². The van der Waals surface area contributed by atoms with E-state index in [9.17, 15) is 43.2 Å². The van der Waals surface area contributed by atoms with Crippen molar-refractivity contribution >= 4 is 39.5 Å². The Labute approximate surface area is 619 Å². The first kappa shape index (κ1) is 99.1. The quantitative estimate of drug-likeness (QED) is 0.0222. The van der Waals surface area contributed by atoms with Gasteiger partial charge in [-0.1, -0.05) is 370 Å². The van der Waals surface area contributed by atoms with Gasteiger partial charge in [-0.3, -0.25) is 37.3 Å². The molecule has 0 saturated carbocycles. The predicted molar refractivity (Wildman–Crippen MR) is 414 cm³/mol. The van der Waals surface area contributed by atoms with Crippen LogP contribution in [0.2, 0.25) is 0 Å². The summed E-state index contributed by atoms with van der Waals surface area (Å²) in [6, 6.07) is 0. The van der Waals surface area contributed by atoms with Crippen LogP contribution in [0.25, 0.3) is 0 Å². The van der Waals surface area contributed by atoms with Crippen LogP contribution in [0.4, 0.5) is 0 Å². The van der Waals surface area contributed by atoms with Crippen LogP contribution in [0.1, 0.15) is 421 Å². The number of carbonyl (C=O) groups excluding carboxylic acids is 4. The number of phosphoric acid groups is 2. The highest BCUT2D eigenvalue weighted by Gasteiger charge is 2.30. The minimum atomic E-state index is -4.96. The maximum atomic E-state index is 13.1. The van der Waals surface area contributed by atoms with Gasteiger partial charge >= 0.3 is 39.5 Å². The van der Waals surface area contributed by atoms with Crippen LogP contribution >= 0.6 is 15.6 Å². The molecule has 0 aliphatic heterocycles. The Hall–Kier alpha value is -1.94. The van der Waals surface area contributed by atoms with E-state index >= 15 is 0 Å². The fraction of sp³-hybridized carbons (Fsp3) is 0.951. The number of esters is 4. The average molecular weight is 1480 g/mol. The van der Waals surface area contributed by atoms with Gasteiger partial charge in [0, 0.05) is 25.7 Å². The Morgan fingerprint density at radius 2 is 0.475 bits per heavy atom. The van der Waals surface area contributed by atoms with Crippen molar-refractivity contribution in [2.45, 2.75) is 440 Å². The van der Waals surface area contributed by atoms with Gasteiger partial charge in [0.1, 0.15) is 19.3 Å². The zero-order valence-electron chi connectivity index (χ0n) is 66.5. The molecule has 0 aliphatic carbocycles. The third-order valence-electron chi connectivity index (χ3n) is 19.4. The van der Waals surface area contributed by atoms with Gasteiger partial charge in [0.25, 0.3) is 0 Å². The van der Waals surface area contributed by atoms with Crippen molar-refractivity contribution in [2.75, 3.05) is 39.6 Å². The minimum Gasteiger partial charge on any atom is -0.462 e. The molecule has 0 amide bonds. The molecule has 17 nitrogen and oxygen atoms in total. The van der Waals surface area contributed by atoms with Crippen LogP contribution in [0.5, 0.6) is 0 Å². The first-order chi connectivity index (χ1) is 48.6. The standard InChI is InChI=1S/C82H160O17P2/c1-9-75(8)61-53-45-36-30-23-19-14-12-10-11-13-15-21-25-32-38-48-56-64-81(86)99-78(69-93-80(85)63-55-47-41-40-44-52-60-74(6)7)71-97-101(90,91)95-67-76(83)66-94-100(88,89)96-70-77(98-82(87)65-57-49-39-33-27-26-29-35-43-51-59-73(4)5)68-92-79(84)62-54-46-37-31-24-20-17-16-18-22-28-34-42-50-58-72(2)3/h72-78,83H,9-71H2,1-8H3,(H,88,89)(H,90,91)/t75?,76-,77-,78-/m1/s1. The normalized spacial score (nSPS) is 14.3. The van der Waals surface area contributed by atoms with E-state index in [1.807, 2.05) is 0 Å². The van der Waals surface area contributed by atoms with E-state index in [0.29, 0.717) is 31.6 Å². The highest BCUT2D eigenvalue weighted by atomic mass is 31.2. The summed E-state index contributed by atoms with van der Waals surface area (Å²) >= 11 is 0. The molecule has 600 valence electrons. The van der Waals surface area contributed by atoms with Crippen molar-refractivity contribution in [1.29, 1.82) is 0 Å². The fourth-order valence-corrected chi connectivity index (χ4v) is 14.2. The van der Waals surface area contributed by atoms with Crippen molar-refractivity contribution in [3.8, 4) is 0 Å². The Morgan fingerprint density at radius 1 is 0.277 bits per heavy atom. The van der Waals surface area contributed by atoms with E-state index in [2.05, 4.69) is 55.4 Å². The van der Waals surface area contributed by atoms with Crippen molar-refractivity contribution in [1.82, 2.24) is 0 Å². The lowest BCUT2D eigenvalue weighted by Gasteiger charge is -2.21. The second kappa shape index (κ2) is 71.0. The van der Waals surface area contributed by atoms with Crippen molar-refractivity contribution in [3.05, 3.63) is 0 Å². The van der Waals surface area contributed by atoms with Gasteiger partial charge in [-0.15, -0.1) is 0 Å². The number of hydrogen-bond acceptors (Lipinski definition) is 15. The molecule has 101 heavy (non-hydrogen) atoms. The summed E-state index contributed by atoms with van der Waals surface area (Å²) in [5.41, 5.74) is 0. The molecule has 0 bridgehead atoms. The fourth-order valence-electron chi connectivity index (χ4n) is 12.6. The maximum absolute atomic E-state index is 13.1. The van der Waals surface area contributed by atoms with Crippen molar-refractivity contribution in [3.63, 3.8) is 0 Å². The molecule has 3 N–H and O–H groups in total. The number of aliphatic hydroxyl groups excluding tert-OH is 1. The van der Waals surface area contributed by atoms with Gasteiger partial charge in [0.15, 0.2) is 12.2 Å². The van der Waals surface area contributed by atoms with Crippen LogP contribution in [0.3, 0.4) is 0 Å². The second-order valence-corrected chi connectivity index (χ2v) is 34.1. The molecule has 0 radical (unpaired) electrons. The van der Waals surface area contributed by atoms with Gasteiger partial charge < -0.3 is 33.8 Å². The average Bonchev–Trinajstić information content (AvgIpc) is 0.975. The number of aliphatic hydroxyl groups is 1. The topological polar surface area (TPSA) is 237 Å². The summed E-state index contributed by atoms with van der Waals surface area (Å²) in [4.78, 5) is 73.0. The first-order valence-corrected chi connectivity index (χ1v) is 45.2. The summed E-state index contributed by atoms with van der Waals surface area (Å²) in [6.45, 7) is 14.2. The first-order valence-electron chi connectivity index (χ1n) is 42.2. The summed E-state index contributed by atoms with van der Waals surface area (Å²) in [6.07, 6.45) is 58.5. The number of unbranched alkanes of at least 4 members (excludes halogenated alkanes) is 44. The lowest BCUT2D eigenvalue weighted by Crippen LogP contribution is -2.30. The molecule has 0 rings (SSSR count). The number of ether oxygens (including phenoxy) is 4. The lowest BCUT2D eigenvalue weighted by atomic mass is 9.99. The Balaban J connectivity index is 5.16. The largest absolute Gasteiger partial charge is 0.472 e. The van der Waals surface area contributed by atoms with Crippen LogP contribution in [-0.4, -0.2) is 96.7 Å². The molecule has 0 aromatic rings. The molecule has 0 aromatic heterocycles. The van der Waals surface area contributed by atoms with E-state index in [-0.39, 0.29) is 25.7 Å². The highest BCUT2D eigenvalue weighted by molar-refractivity contribution is 7.47. The van der Waals surface area contributed by atoms with Gasteiger partial charge in [-0.05, 0) is 49.4 Å². The van der Waals surface area contributed by atoms with Crippen molar-refractivity contribution in [2.24, 2.45) is 23.7 Å². The van der Waals surface area contributed by atoms with Crippen LogP contribution in [0.15, 0.2) is 0 Å².